The first-order valence-electron chi connectivity index (χ1n) is 10.4. The minimum atomic E-state index is -0.230. The minimum Gasteiger partial charge on any atom is -0.311 e. The number of carbonyl (C=O) groups excluding carboxylic acids is 2. The van der Waals surface area contributed by atoms with E-state index in [4.69, 9.17) is 0 Å². The highest BCUT2D eigenvalue weighted by molar-refractivity contribution is 5.97. The van der Waals surface area contributed by atoms with E-state index in [-0.39, 0.29) is 24.7 Å². The number of fused-ring (bicyclic) bond motifs is 1. The number of rotatable bonds is 5. The van der Waals surface area contributed by atoms with E-state index < -0.39 is 0 Å². The summed E-state index contributed by atoms with van der Waals surface area (Å²) in [5.41, 5.74) is 4.92. The van der Waals surface area contributed by atoms with Crippen LogP contribution >= 0.6 is 0 Å². The summed E-state index contributed by atoms with van der Waals surface area (Å²) in [6.45, 7) is 7.35. The molecule has 31 heavy (non-hydrogen) atoms. The third-order valence-electron chi connectivity index (χ3n) is 5.34. The van der Waals surface area contributed by atoms with Crippen molar-refractivity contribution < 1.29 is 9.59 Å². The lowest BCUT2D eigenvalue weighted by atomic mass is 10.0. The second-order valence-electron chi connectivity index (χ2n) is 7.95. The van der Waals surface area contributed by atoms with Crippen molar-refractivity contribution in [3.05, 3.63) is 53.6 Å². The van der Waals surface area contributed by atoms with E-state index in [0.29, 0.717) is 12.4 Å². The van der Waals surface area contributed by atoms with Gasteiger partial charge in [0.25, 0.3) is 0 Å². The van der Waals surface area contributed by atoms with Crippen LogP contribution < -0.4 is 10.2 Å². The smallest absolute Gasteiger partial charge is 0.228 e. The van der Waals surface area contributed by atoms with Crippen LogP contribution in [0.15, 0.2) is 36.8 Å². The molecule has 0 unspecified atom stereocenters. The number of hydrogen-bond donors (Lipinski definition) is 1. The summed E-state index contributed by atoms with van der Waals surface area (Å²) in [5.74, 6) is 0.994. The molecular weight excluding hydrogens is 392 g/mol. The molecule has 3 aromatic rings. The molecular formula is C23H26N6O2. The topological polar surface area (TPSA) is 93.0 Å². The highest BCUT2D eigenvalue weighted by Crippen LogP contribution is 2.25. The molecule has 1 aliphatic heterocycles. The van der Waals surface area contributed by atoms with Gasteiger partial charge in [-0.15, -0.1) is 0 Å². The molecule has 0 bridgehead atoms. The molecule has 4 heterocycles. The van der Waals surface area contributed by atoms with Gasteiger partial charge in [-0.05, 0) is 50.5 Å². The van der Waals surface area contributed by atoms with Gasteiger partial charge in [-0.3, -0.25) is 19.5 Å². The van der Waals surface area contributed by atoms with Crippen molar-refractivity contribution in [2.24, 2.45) is 0 Å². The highest BCUT2D eigenvalue weighted by Gasteiger charge is 2.24. The third-order valence-corrected chi connectivity index (χ3v) is 5.34. The van der Waals surface area contributed by atoms with E-state index in [1.54, 1.807) is 23.5 Å². The number of hydrogen-bond acceptors (Lipinski definition) is 5. The molecule has 0 saturated carbocycles. The normalized spacial score (nSPS) is 13.1. The highest BCUT2D eigenvalue weighted by atomic mass is 16.2. The van der Waals surface area contributed by atoms with Gasteiger partial charge in [0, 0.05) is 61.7 Å². The van der Waals surface area contributed by atoms with Gasteiger partial charge in [0.1, 0.15) is 11.6 Å². The van der Waals surface area contributed by atoms with Crippen LogP contribution in [0.5, 0.6) is 0 Å². The second kappa shape index (κ2) is 8.67. The van der Waals surface area contributed by atoms with Gasteiger partial charge in [-0.25, -0.2) is 9.67 Å². The number of amides is 2. The van der Waals surface area contributed by atoms with Crippen LogP contribution in [-0.2, 0) is 16.1 Å². The molecule has 0 aromatic carbocycles. The van der Waals surface area contributed by atoms with Crippen LogP contribution in [0.25, 0.3) is 11.1 Å². The molecule has 0 radical (unpaired) electrons. The van der Waals surface area contributed by atoms with Gasteiger partial charge in [0.15, 0.2) is 0 Å². The molecule has 4 rings (SSSR count). The zero-order chi connectivity index (χ0) is 22.0. The molecule has 0 fully saturated rings. The number of nitrogens with one attached hydrogen (secondary N) is 1. The van der Waals surface area contributed by atoms with E-state index in [1.165, 1.54) is 0 Å². The van der Waals surface area contributed by atoms with Crippen molar-refractivity contribution in [1.82, 2.24) is 19.7 Å². The first-order valence-corrected chi connectivity index (χ1v) is 10.4. The Hall–Kier alpha value is -3.55. The maximum absolute atomic E-state index is 12.7. The molecule has 1 aliphatic rings. The van der Waals surface area contributed by atoms with Crippen LogP contribution in [-0.4, -0.2) is 38.1 Å². The van der Waals surface area contributed by atoms with Gasteiger partial charge in [-0.1, -0.05) is 0 Å². The van der Waals surface area contributed by atoms with Gasteiger partial charge >= 0.3 is 0 Å². The van der Waals surface area contributed by atoms with E-state index >= 15 is 0 Å². The van der Waals surface area contributed by atoms with E-state index in [1.807, 2.05) is 37.6 Å². The van der Waals surface area contributed by atoms with Crippen LogP contribution in [0.4, 0.5) is 11.6 Å². The molecule has 0 spiro atoms. The first-order chi connectivity index (χ1) is 14.9. The largest absolute Gasteiger partial charge is 0.311 e. The molecule has 1 N–H and O–H groups in total. The van der Waals surface area contributed by atoms with Crippen molar-refractivity contribution in [2.45, 2.75) is 46.6 Å². The first kappa shape index (κ1) is 20.7. The van der Waals surface area contributed by atoms with Crippen molar-refractivity contribution >= 4 is 23.5 Å². The number of aromatic nitrogens is 4. The zero-order valence-corrected chi connectivity index (χ0v) is 18.1. The maximum atomic E-state index is 12.7. The SMILES string of the molecule is Cc1cncc(-c2cnc(NC(=O)CCC(=O)N3CCCn4nc(C)cc43)cc2C)c1. The fraction of sp³-hybridized carbons (Fsp3) is 0.348. The molecule has 3 aromatic heterocycles. The van der Waals surface area contributed by atoms with Crippen LogP contribution in [0.3, 0.4) is 0 Å². The lowest BCUT2D eigenvalue weighted by Gasteiger charge is -2.27. The van der Waals surface area contributed by atoms with Crippen molar-refractivity contribution in [3.63, 3.8) is 0 Å². The lowest BCUT2D eigenvalue weighted by molar-refractivity contribution is -0.122. The summed E-state index contributed by atoms with van der Waals surface area (Å²) in [7, 11) is 0. The summed E-state index contributed by atoms with van der Waals surface area (Å²) in [5, 5.41) is 7.21. The van der Waals surface area contributed by atoms with Gasteiger partial charge in [0.05, 0.1) is 5.69 Å². The van der Waals surface area contributed by atoms with Crippen LogP contribution in [0, 0.1) is 20.8 Å². The predicted octanol–water partition coefficient (Wildman–Crippen LogP) is 3.42. The zero-order valence-electron chi connectivity index (χ0n) is 18.1. The average Bonchev–Trinajstić information content (AvgIpc) is 3.12. The van der Waals surface area contributed by atoms with Gasteiger partial charge < -0.3 is 5.32 Å². The molecule has 8 heteroatoms. The summed E-state index contributed by atoms with van der Waals surface area (Å²) in [6, 6.07) is 5.80. The Morgan fingerprint density at radius 2 is 1.87 bits per heavy atom. The van der Waals surface area contributed by atoms with Crippen LogP contribution in [0.1, 0.15) is 36.1 Å². The summed E-state index contributed by atoms with van der Waals surface area (Å²) in [4.78, 5) is 35.4. The average molecular weight is 419 g/mol. The van der Waals surface area contributed by atoms with E-state index in [2.05, 4.69) is 26.4 Å². The number of pyridine rings is 2. The van der Waals surface area contributed by atoms with E-state index in [9.17, 15) is 9.59 Å². The Kier molecular flexibility index (Phi) is 5.79. The molecule has 2 amide bonds. The Bertz CT molecular complexity index is 1140. The Balaban J connectivity index is 1.36. The van der Waals surface area contributed by atoms with E-state index in [0.717, 1.165) is 46.7 Å². The molecule has 160 valence electrons. The predicted molar refractivity (Wildman–Crippen MR) is 119 cm³/mol. The molecule has 0 aliphatic carbocycles. The lowest BCUT2D eigenvalue weighted by Crippen LogP contribution is -2.37. The quantitative estimate of drug-likeness (QED) is 0.685. The molecule has 8 nitrogen and oxygen atoms in total. The number of carbonyl (C=O) groups is 2. The summed E-state index contributed by atoms with van der Waals surface area (Å²) < 4.78 is 1.86. The molecule has 0 atom stereocenters. The number of nitrogens with zero attached hydrogens (tertiary/aromatic N) is 5. The standard InChI is InChI=1S/C23H26N6O2/c1-15-9-18(13-24-12-15)19-14-25-20(10-16(19)2)26-21(30)5-6-23(31)28-7-4-8-29-22(28)11-17(3)27-29/h9-14H,4-8H2,1-3H3,(H,25,26,30). The number of anilines is 2. The Morgan fingerprint density at radius 1 is 1.03 bits per heavy atom. The molecule has 0 saturated heterocycles. The summed E-state index contributed by atoms with van der Waals surface area (Å²) in [6.07, 6.45) is 6.45. The van der Waals surface area contributed by atoms with Crippen molar-refractivity contribution in [3.8, 4) is 11.1 Å². The fourth-order valence-corrected chi connectivity index (χ4v) is 3.85. The van der Waals surface area contributed by atoms with Crippen molar-refractivity contribution in [1.29, 1.82) is 0 Å². The number of aryl methyl sites for hydroxylation is 4. The minimum absolute atomic E-state index is 0.0672. The third kappa shape index (κ3) is 4.63. The fourth-order valence-electron chi connectivity index (χ4n) is 3.85. The van der Waals surface area contributed by atoms with Gasteiger partial charge in [-0.2, -0.15) is 5.10 Å². The Morgan fingerprint density at radius 3 is 2.65 bits per heavy atom. The second-order valence-corrected chi connectivity index (χ2v) is 7.95. The van der Waals surface area contributed by atoms with Crippen molar-refractivity contribution in [2.75, 3.05) is 16.8 Å². The summed E-state index contributed by atoms with van der Waals surface area (Å²) >= 11 is 0. The Labute approximate surface area is 181 Å². The monoisotopic (exact) mass is 418 g/mol. The van der Waals surface area contributed by atoms with Gasteiger partial charge in [0.2, 0.25) is 11.8 Å². The van der Waals surface area contributed by atoms with Crippen LogP contribution in [0.2, 0.25) is 0 Å². The maximum Gasteiger partial charge on any atom is 0.228 e.